The van der Waals surface area contributed by atoms with Crippen LogP contribution in [0.3, 0.4) is 0 Å². The molecular formula is C6H7BrN2O2. The van der Waals surface area contributed by atoms with Crippen LogP contribution in [0, 0.1) is 0 Å². The standard InChI is InChI=1S/C6H7BrN2O2/c7-4-3-5(10)9(2-1-8)6(4)11/h3H,1-2,8H2. The molecule has 0 fully saturated rings. The second-order valence-corrected chi connectivity index (χ2v) is 2.93. The molecule has 60 valence electrons. The molecule has 0 bridgehead atoms. The number of carbonyl (C=O) groups is 2. The Balaban J connectivity index is 2.73. The van der Waals surface area contributed by atoms with Gasteiger partial charge in [0.1, 0.15) is 0 Å². The molecule has 4 nitrogen and oxygen atoms in total. The summed E-state index contributed by atoms with van der Waals surface area (Å²) in [5.74, 6) is -0.604. The average Bonchev–Trinajstić information content (AvgIpc) is 2.17. The third kappa shape index (κ3) is 1.49. The van der Waals surface area contributed by atoms with E-state index in [1.54, 1.807) is 0 Å². The summed E-state index contributed by atoms with van der Waals surface area (Å²) in [6.45, 7) is 0.578. The first-order chi connectivity index (χ1) is 5.16. The highest BCUT2D eigenvalue weighted by atomic mass is 79.9. The predicted molar refractivity (Wildman–Crippen MR) is 42.8 cm³/mol. The molecule has 0 unspecified atom stereocenters. The van der Waals surface area contributed by atoms with Crippen LogP contribution in [0.25, 0.3) is 0 Å². The van der Waals surface area contributed by atoms with Crippen molar-refractivity contribution in [2.75, 3.05) is 13.1 Å². The largest absolute Gasteiger partial charge is 0.329 e. The van der Waals surface area contributed by atoms with Gasteiger partial charge >= 0.3 is 0 Å². The summed E-state index contributed by atoms with van der Waals surface area (Å²) in [4.78, 5) is 23.1. The maximum atomic E-state index is 11.0. The number of imide groups is 1. The molecule has 0 aromatic rings. The molecule has 0 saturated carbocycles. The van der Waals surface area contributed by atoms with Gasteiger partial charge in [-0.1, -0.05) is 0 Å². The van der Waals surface area contributed by atoms with E-state index in [9.17, 15) is 9.59 Å². The first-order valence-corrected chi connectivity index (χ1v) is 3.89. The fourth-order valence-corrected chi connectivity index (χ4v) is 1.23. The third-order valence-corrected chi connectivity index (χ3v) is 1.89. The van der Waals surface area contributed by atoms with Gasteiger partial charge in [0.25, 0.3) is 11.8 Å². The molecule has 11 heavy (non-hydrogen) atoms. The van der Waals surface area contributed by atoms with Crippen LogP contribution in [0.1, 0.15) is 0 Å². The lowest BCUT2D eigenvalue weighted by molar-refractivity contribution is -0.136. The summed E-state index contributed by atoms with van der Waals surface area (Å²) in [6, 6.07) is 0. The number of hydrogen-bond acceptors (Lipinski definition) is 3. The first kappa shape index (κ1) is 8.42. The van der Waals surface area contributed by atoms with E-state index in [1.807, 2.05) is 0 Å². The molecule has 1 aliphatic heterocycles. The second kappa shape index (κ2) is 3.15. The summed E-state index contributed by atoms with van der Waals surface area (Å²) in [7, 11) is 0. The minimum absolute atomic E-state index is 0.281. The SMILES string of the molecule is NCCN1C(=O)C=C(Br)C1=O. The topological polar surface area (TPSA) is 63.4 Å². The Bertz CT molecular complexity index is 237. The lowest BCUT2D eigenvalue weighted by atomic mass is 10.5. The van der Waals surface area contributed by atoms with Crippen LogP contribution in [-0.2, 0) is 9.59 Å². The van der Waals surface area contributed by atoms with Crippen molar-refractivity contribution in [3.8, 4) is 0 Å². The van der Waals surface area contributed by atoms with E-state index < -0.39 is 0 Å². The fraction of sp³-hybridized carbons (Fsp3) is 0.333. The van der Waals surface area contributed by atoms with Gasteiger partial charge in [0.05, 0.1) is 4.48 Å². The minimum atomic E-state index is -0.305. The molecule has 0 aromatic heterocycles. The summed E-state index contributed by atoms with van der Waals surface area (Å²) in [6.07, 6.45) is 1.25. The van der Waals surface area contributed by atoms with Gasteiger partial charge in [-0.25, -0.2) is 0 Å². The van der Waals surface area contributed by atoms with E-state index >= 15 is 0 Å². The van der Waals surface area contributed by atoms with E-state index in [-0.39, 0.29) is 18.4 Å². The zero-order valence-corrected chi connectivity index (χ0v) is 7.30. The molecule has 1 heterocycles. The number of nitrogens with two attached hydrogens (primary N) is 1. The maximum absolute atomic E-state index is 11.0. The van der Waals surface area contributed by atoms with Gasteiger partial charge in [-0.3, -0.25) is 14.5 Å². The van der Waals surface area contributed by atoms with Crippen molar-refractivity contribution in [3.05, 3.63) is 10.6 Å². The fourth-order valence-electron chi connectivity index (χ4n) is 0.818. The third-order valence-electron chi connectivity index (χ3n) is 1.32. The van der Waals surface area contributed by atoms with E-state index in [0.717, 1.165) is 4.90 Å². The van der Waals surface area contributed by atoms with Crippen LogP contribution in [-0.4, -0.2) is 29.8 Å². The van der Waals surface area contributed by atoms with Crippen LogP contribution in [0.5, 0.6) is 0 Å². The number of rotatable bonds is 2. The lowest BCUT2D eigenvalue weighted by Gasteiger charge is -2.11. The number of amides is 2. The zero-order valence-electron chi connectivity index (χ0n) is 5.71. The Labute approximate surface area is 72.2 Å². The molecule has 0 atom stereocenters. The number of carbonyl (C=O) groups excluding carboxylic acids is 2. The summed E-state index contributed by atoms with van der Waals surface area (Å²) in [5, 5.41) is 0. The van der Waals surface area contributed by atoms with Crippen LogP contribution in [0.4, 0.5) is 0 Å². The van der Waals surface area contributed by atoms with Crippen molar-refractivity contribution < 1.29 is 9.59 Å². The molecule has 1 rings (SSSR count). The minimum Gasteiger partial charge on any atom is -0.329 e. The number of nitrogens with zero attached hydrogens (tertiary/aromatic N) is 1. The monoisotopic (exact) mass is 218 g/mol. The molecule has 0 radical (unpaired) electrons. The van der Waals surface area contributed by atoms with Crippen LogP contribution in [0.2, 0.25) is 0 Å². The van der Waals surface area contributed by atoms with Crippen molar-refractivity contribution in [1.29, 1.82) is 0 Å². The van der Waals surface area contributed by atoms with Gasteiger partial charge < -0.3 is 5.73 Å². The zero-order chi connectivity index (χ0) is 8.43. The second-order valence-electron chi connectivity index (χ2n) is 2.08. The van der Waals surface area contributed by atoms with E-state index in [2.05, 4.69) is 15.9 Å². The van der Waals surface area contributed by atoms with Crippen molar-refractivity contribution in [2.45, 2.75) is 0 Å². The molecule has 2 amide bonds. The van der Waals surface area contributed by atoms with Crippen LogP contribution in [0.15, 0.2) is 10.6 Å². The Morgan fingerprint density at radius 1 is 1.55 bits per heavy atom. The normalized spacial score (nSPS) is 17.6. The van der Waals surface area contributed by atoms with Gasteiger partial charge in [0.15, 0.2) is 0 Å². The molecule has 0 aliphatic carbocycles. The molecule has 0 aromatic carbocycles. The van der Waals surface area contributed by atoms with Crippen molar-refractivity contribution >= 4 is 27.7 Å². The first-order valence-electron chi connectivity index (χ1n) is 3.10. The quantitative estimate of drug-likeness (QED) is 0.642. The summed E-state index contributed by atoms with van der Waals surface area (Å²) >= 11 is 2.96. The molecular weight excluding hydrogens is 212 g/mol. The Hall–Kier alpha value is -0.680. The molecule has 0 spiro atoms. The summed E-state index contributed by atoms with van der Waals surface area (Å²) in [5.41, 5.74) is 5.19. The van der Waals surface area contributed by atoms with Gasteiger partial charge in [0, 0.05) is 19.2 Å². The van der Waals surface area contributed by atoms with Gasteiger partial charge in [-0.05, 0) is 15.9 Å². The number of halogens is 1. The molecule has 0 saturated heterocycles. The number of hydrogen-bond donors (Lipinski definition) is 1. The average molecular weight is 219 g/mol. The Kier molecular flexibility index (Phi) is 2.41. The van der Waals surface area contributed by atoms with Gasteiger partial charge in [0.2, 0.25) is 0 Å². The maximum Gasteiger partial charge on any atom is 0.267 e. The van der Waals surface area contributed by atoms with Crippen LogP contribution < -0.4 is 5.73 Å². The van der Waals surface area contributed by atoms with Gasteiger partial charge in [-0.2, -0.15) is 0 Å². The Morgan fingerprint density at radius 3 is 2.55 bits per heavy atom. The molecule has 1 aliphatic rings. The van der Waals surface area contributed by atoms with E-state index in [0.29, 0.717) is 11.0 Å². The van der Waals surface area contributed by atoms with E-state index in [4.69, 9.17) is 5.73 Å². The van der Waals surface area contributed by atoms with Crippen molar-refractivity contribution in [2.24, 2.45) is 5.73 Å². The lowest BCUT2D eigenvalue weighted by Crippen LogP contribution is -2.35. The highest BCUT2D eigenvalue weighted by Gasteiger charge is 2.28. The highest BCUT2D eigenvalue weighted by molar-refractivity contribution is 9.12. The Morgan fingerprint density at radius 2 is 2.18 bits per heavy atom. The highest BCUT2D eigenvalue weighted by Crippen LogP contribution is 2.16. The summed E-state index contributed by atoms with van der Waals surface area (Å²) < 4.78 is 0.302. The smallest absolute Gasteiger partial charge is 0.267 e. The predicted octanol–water partition coefficient (Wildman–Crippen LogP) is -0.407. The molecule has 5 heteroatoms. The van der Waals surface area contributed by atoms with E-state index in [1.165, 1.54) is 6.08 Å². The van der Waals surface area contributed by atoms with Crippen LogP contribution >= 0.6 is 15.9 Å². The van der Waals surface area contributed by atoms with Crippen molar-refractivity contribution in [1.82, 2.24) is 4.90 Å². The molecule has 2 N–H and O–H groups in total. The van der Waals surface area contributed by atoms with Gasteiger partial charge in [-0.15, -0.1) is 0 Å². The van der Waals surface area contributed by atoms with Crippen molar-refractivity contribution in [3.63, 3.8) is 0 Å².